The normalized spacial score (nSPS) is 11.2. The van der Waals surface area contributed by atoms with Gasteiger partial charge in [-0.15, -0.1) is 9.50 Å². The average Bonchev–Trinajstić information content (AvgIpc) is 3.12. The third-order valence-electron chi connectivity index (χ3n) is 5.04. The summed E-state index contributed by atoms with van der Waals surface area (Å²) in [7, 11) is 0. The Bertz CT molecular complexity index is 1490. The minimum Gasteiger partial charge on any atom is -0.290 e. The number of rotatable bonds is 4. The van der Waals surface area contributed by atoms with Gasteiger partial charge in [0.15, 0.2) is 0 Å². The van der Waals surface area contributed by atoms with Gasteiger partial charge in [-0.05, 0) is 25.1 Å². The van der Waals surface area contributed by atoms with Crippen LogP contribution >= 0.6 is 0 Å². The van der Waals surface area contributed by atoms with Gasteiger partial charge in [0.1, 0.15) is 11.5 Å². The first-order chi connectivity index (χ1) is 15.5. The fraction of sp³-hybridized carbons (Fsp3) is 0.0909. The van der Waals surface area contributed by atoms with E-state index in [0.29, 0.717) is 28.3 Å². The smallest absolute Gasteiger partial charge is 0.290 e. The molecule has 4 aromatic heterocycles. The number of hydrogen-bond acceptors (Lipinski definition) is 6. The number of pyridine rings is 1. The summed E-state index contributed by atoms with van der Waals surface area (Å²) in [5, 5.41) is 12.7. The van der Waals surface area contributed by atoms with Crippen LogP contribution in [0.2, 0.25) is 0 Å². The highest BCUT2D eigenvalue weighted by Crippen LogP contribution is 2.31. The molecule has 10 heteroatoms. The topological polar surface area (TPSA) is 118 Å². The van der Waals surface area contributed by atoms with Gasteiger partial charge in [0, 0.05) is 11.1 Å². The second kappa shape index (κ2) is 7.65. The van der Waals surface area contributed by atoms with Gasteiger partial charge in [-0.1, -0.05) is 30.3 Å². The first-order valence-electron chi connectivity index (χ1n) is 9.81. The Balaban J connectivity index is 1.79. The Labute approximate surface area is 181 Å². The Morgan fingerprint density at radius 2 is 1.91 bits per heavy atom. The van der Waals surface area contributed by atoms with Gasteiger partial charge >= 0.3 is 11.6 Å². The molecule has 9 nitrogen and oxygen atoms in total. The third kappa shape index (κ3) is 3.37. The number of halogens is 1. The summed E-state index contributed by atoms with van der Waals surface area (Å²) >= 11 is 0. The van der Waals surface area contributed by atoms with E-state index >= 15 is 0 Å². The first kappa shape index (κ1) is 19.5. The maximum absolute atomic E-state index is 13.2. The van der Waals surface area contributed by atoms with Crippen molar-refractivity contribution in [3.63, 3.8) is 0 Å². The number of fused-ring (bicyclic) bond motifs is 1. The van der Waals surface area contributed by atoms with Crippen LogP contribution in [0.5, 0.6) is 0 Å². The fourth-order valence-corrected chi connectivity index (χ4v) is 3.61. The standard InChI is InChI=1S/C22H17FN8O/c1-13-9-15(10-26-28-13)18-19(14-5-3-2-4-6-14)27-21(24)31-20(18)29-30(22(31)32)12-17-8-7-16(23)11-25-17/h2-11H,12H2,1H3,(H2,24,27)/p+1. The average molecular weight is 429 g/mol. The zero-order valence-electron chi connectivity index (χ0n) is 17.0. The molecule has 0 saturated carbocycles. The first-order valence-corrected chi connectivity index (χ1v) is 9.81. The molecular formula is C22H18FN8O+. The molecule has 5 aromatic rings. The fourth-order valence-electron chi connectivity index (χ4n) is 3.61. The van der Waals surface area contributed by atoms with Crippen LogP contribution in [-0.2, 0) is 6.54 Å². The lowest BCUT2D eigenvalue weighted by atomic mass is 10.0. The predicted octanol–water partition coefficient (Wildman–Crippen LogP) is 1.91. The summed E-state index contributed by atoms with van der Waals surface area (Å²) < 4.78 is 15.8. The maximum atomic E-state index is 13.2. The molecule has 0 bridgehead atoms. The monoisotopic (exact) mass is 429 g/mol. The molecule has 0 aliphatic rings. The third-order valence-corrected chi connectivity index (χ3v) is 5.04. The Morgan fingerprint density at radius 1 is 1.09 bits per heavy atom. The second-order valence-corrected chi connectivity index (χ2v) is 7.28. The predicted molar refractivity (Wildman–Crippen MR) is 115 cm³/mol. The summed E-state index contributed by atoms with van der Waals surface area (Å²) in [5.41, 5.74) is 10.3. The lowest BCUT2D eigenvalue weighted by molar-refractivity contribution is -0.351. The summed E-state index contributed by atoms with van der Waals surface area (Å²) in [4.78, 5) is 20.3. The SMILES string of the molecule is Cc1cc(-c2c(-c3ccccc3)[nH+]c(N)n3c(=O)n(Cc4ccc(F)cn4)nc23)cnn1. The minimum absolute atomic E-state index is 0.0635. The number of aromatic amines is 1. The van der Waals surface area contributed by atoms with E-state index in [2.05, 4.69) is 25.3 Å². The summed E-state index contributed by atoms with van der Waals surface area (Å²) in [6.07, 6.45) is 2.71. The van der Waals surface area contributed by atoms with Crippen molar-refractivity contribution in [1.29, 1.82) is 0 Å². The van der Waals surface area contributed by atoms with Crippen LogP contribution in [0, 0.1) is 12.7 Å². The van der Waals surface area contributed by atoms with Gasteiger partial charge in [0.2, 0.25) is 5.65 Å². The van der Waals surface area contributed by atoms with E-state index in [1.165, 1.54) is 21.2 Å². The van der Waals surface area contributed by atoms with Crippen LogP contribution in [0.25, 0.3) is 28.0 Å². The van der Waals surface area contributed by atoms with Gasteiger partial charge in [0.05, 0.1) is 35.9 Å². The van der Waals surface area contributed by atoms with E-state index in [1.54, 1.807) is 6.20 Å². The van der Waals surface area contributed by atoms with Crippen LogP contribution in [-0.4, -0.2) is 29.4 Å². The van der Waals surface area contributed by atoms with Crippen molar-refractivity contribution in [3.05, 3.63) is 88.6 Å². The van der Waals surface area contributed by atoms with Crippen molar-refractivity contribution in [2.45, 2.75) is 13.5 Å². The van der Waals surface area contributed by atoms with E-state index in [1.807, 2.05) is 43.3 Å². The van der Waals surface area contributed by atoms with Gasteiger partial charge in [-0.3, -0.25) is 10.7 Å². The molecular weight excluding hydrogens is 411 g/mol. The molecule has 3 N–H and O–H groups in total. The van der Waals surface area contributed by atoms with Gasteiger partial charge in [0.25, 0.3) is 0 Å². The molecule has 0 aliphatic heterocycles. The number of H-pyrrole nitrogens is 1. The van der Waals surface area contributed by atoms with Crippen LogP contribution in [0.4, 0.5) is 10.3 Å². The number of anilines is 1. The summed E-state index contributed by atoms with van der Waals surface area (Å²) in [6.45, 7) is 1.90. The Kier molecular flexibility index (Phi) is 4.66. The number of aryl methyl sites for hydroxylation is 1. The number of nitrogens with zero attached hydrogens (tertiary/aromatic N) is 6. The summed E-state index contributed by atoms with van der Waals surface area (Å²) in [6, 6.07) is 14.3. The lowest BCUT2D eigenvalue weighted by Crippen LogP contribution is -2.28. The van der Waals surface area contributed by atoms with Crippen molar-refractivity contribution in [3.8, 4) is 22.4 Å². The molecule has 0 radical (unpaired) electrons. The van der Waals surface area contributed by atoms with Crippen LogP contribution < -0.4 is 16.4 Å². The van der Waals surface area contributed by atoms with Gasteiger partial charge in [-0.25, -0.2) is 14.2 Å². The molecule has 0 atom stereocenters. The van der Waals surface area contributed by atoms with Crippen LogP contribution in [0.15, 0.2) is 65.7 Å². The quantitative estimate of drug-likeness (QED) is 0.466. The minimum atomic E-state index is -0.453. The molecule has 0 spiro atoms. The Morgan fingerprint density at radius 3 is 2.62 bits per heavy atom. The number of aromatic nitrogens is 7. The number of nitrogens with one attached hydrogen (secondary N) is 1. The molecule has 5 rings (SSSR count). The number of nitrogens with two attached hydrogens (primary N) is 1. The van der Waals surface area contributed by atoms with E-state index in [0.717, 1.165) is 17.3 Å². The summed E-state index contributed by atoms with van der Waals surface area (Å²) in [5.74, 6) is -0.324. The van der Waals surface area contributed by atoms with E-state index in [4.69, 9.17) is 5.73 Å². The van der Waals surface area contributed by atoms with Crippen LogP contribution in [0.1, 0.15) is 11.4 Å². The molecule has 158 valence electrons. The Hall–Kier alpha value is -4.47. The second-order valence-electron chi connectivity index (χ2n) is 7.28. The van der Waals surface area contributed by atoms with Crippen molar-refractivity contribution < 1.29 is 9.37 Å². The van der Waals surface area contributed by atoms with E-state index in [9.17, 15) is 9.18 Å². The number of hydrogen-bond donors (Lipinski definition) is 1. The van der Waals surface area contributed by atoms with E-state index in [-0.39, 0.29) is 12.5 Å². The van der Waals surface area contributed by atoms with Crippen LogP contribution in [0.3, 0.4) is 0 Å². The van der Waals surface area contributed by atoms with Crippen molar-refractivity contribution in [2.24, 2.45) is 0 Å². The molecule has 4 heterocycles. The largest absolute Gasteiger partial charge is 0.411 e. The van der Waals surface area contributed by atoms with E-state index < -0.39 is 11.5 Å². The van der Waals surface area contributed by atoms with Crippen molar-refractivity contribution in [2.75, 3.05) is 5.73 Å². The van der Waals surface area contributed by atoms with Crippen molar-refractivity contribution >= 4 is 11.6 Å². The van der Waals surface area contributed by atoms with Gasteiger partial charge in [-0.2, -0.15) is 14.9 Å². The zero-order chi connectivity index (χ0) is 22.2. The van der Waals surface area contributed by atoms with Crippen molar-refractivity contribution in [1.82, 2.24) is 29.4 Å². The lowest BCUT2D eigenvalue weighted by Gasteiger charge is -2.09. The highest BCUT2D eigenvalue weighted by atomic mass is 19.1. The molecule has 0 unspecified atom stereocenters. The molecule has 0 fully saturated rings. The molecule has 0 aliphatic carbocycles. The molecule has 0 amide bonds. The van der Waals surface area contributed by atoms with Gasteiger partial charge < -0.3 is 0 Å². The maximum Gasteiger partial charge on any atom is 0.411 e. The number of benzene rings is 1. The molecule has 1 aromatic carbocycles. The number of nitrogen functional groups attached to an aromatic ring is 1. The molecule has 32 heavy (non-hydrogen) atoms. The molecule has 0 saturated heterocycles. The zero-order valence-corrected chi connectivity index (χ0v) is 17.0. The highest BCUT2D eigenvalue weighted by molar-refractivity contribution is 5.88. The highest BCUT2D eigenvalue weighted by Gasteiger charge is 2.26.